The van der Waals surface area contributed by atoms with Gasteiger partial charge in [0.05, 0.1) is 0 Å². The average Bonchev–Trinajstić information content (AvgIpc) is 2.41. The molecule has 0 aromatic heterocycles. The van der Waals surface area contributed by atoms with E-state index in [0.717, 1.165) is 16.7 Å². The molecule has 0 radical (unpaired) electrons. The Hall–Kier alpha value is -2.33. The summed E-state index contributed by atoms with van der Waals surface area (Å²) in [6, 6.07) is 11.0. The molecule has 5 heteroatoms. The molecule has 0 spiro atoms. The van der Waals surface area contributed by atoms with Crippen LogP contribution in [0.3, 0.4) is 0 Å². The predicted molar refractivity (Wildman–Crippen MR) is 94.0 cm³/mol. The number of nitrogens with one attached hydrogen (secondary N) is 2. The highest BCUT2D eigenvalue weighted by Crippen LogP contribution is 2.20. The van der Waals surface area contributed by atoms with E-state index in [-0.39, 0.29) is 18.2 Å². The highest BCUT2D eigenvalue weighted by molar-refractivity contribution is 6.31. The maximum absolute atomic E-state index is 12.0. The molecular weight excluding hydrogens is 312 g/mol. The molecule has 0 unspecified atom stereocenters. The zero-order chi connectivity index (χ0) is 17.0. The average molecular weight is 331 g/mol. The first kappa shape index (κ1) is 17.0. The molecule has 0 heterocycles. The van der Waals surface area contributed by atoms with Crippen LogP contribution in [-0.4, -0.2) is 11.8 Å². The summed E-state index contributed by atoms with van der Waals surface area (Å²) in [6.07, 6.45) is -0.252. The van der Waals surface area contributed by atoms with E-state index >= 15 is 0 Å². The van der Waals surface area contributed by atoms with Gasteiger partial charge in [0.2, 0.25) is 11.8 Å². The lowest BCUT2D eigenvalue weighted by Crippen LogP contribution is -2.21. The van der Waals surface area contributed by atoms with Crippen LogP contribution in [0.15, 0.2) is 36.4 Å². The number of hydrogen-bond acceptors (Lipinski definition) is 2. The number of carbonyl (C=O) groups is 2. The van der Waals surface area contributed by atoms with Crippen molar-refractivity contribution in [3.05, 3.63) is 58.1 Å². The minimum absolute atomic E-state index is 0.252. The number of hydrogen-bond donors (Lipinski definition) is 2. The summed E-state index contributed by atoms with van der Waals surface area (Å²) in [4.78, 5) is 23.9. The standard InChI is InChI=1S/C18H19ClN2O2/c1-11-6-12(2)8-15(7-11)21-18(23)10-17(22)20-14-5-4-13(3)16(19)9-14/h4-9H,10H2,1-3H3,(H,20,22)(H,21,23). The van der Waals surface area contributed by atoms with Gasteiger partial charge in [-0.25, -0.2) is 0 Å². The van der Waals surface area contributed by atoms with Gasteiger partial charge >= 0.3 is 0 Å². The monoisotopic (exact) mass is 330 g/mol. The maximum atomic E-state index is 12.0. The van der Waals surface area contributed by atoms with Crippen LogP contribution in [0.2, 0.25) is 5.02 Å². The summed E-state index contributed by atoms with van der Waals surface area (Å²) in [5, 5.41) is 5.97. The molecule has 120 valence electrons. The van der Waals surface area contributed by atoms with Gasteiger partial charge in [-0.05, 0) is 61.7 Å². The van der Waals surface area contributed by atoms with Crippen molar-refractivity contribution in [2.75, 3.05) is 10.6 Å². The molecule has 0 aliphatic carbocycles. The highest BCUT2D eigenvalue weighted by atomic mass is 35.5. The van der Waals surface area contributed by atoms with Crippen molar-refractivity contribution in [1.82, 2.24) is 0 Å². The van der Waals surface area contributed by atoms with Crippen LogP contribution in [0, 0.1) is 20.8 Å². The van der Waals surface area contributed by atoms with Gasteiger partial charge in [0, 0.05) is 16.4 Å². The third-order valence-electron chi connectivity index (χ3n) is 3.28. The molecule has 2 aromatic carbocycles. The van der Waals surface area contributed by atoms with E-state index in [2.05, 4.69) is 10.6 Å². The lowest BCUT2D eigenvalue weighted by atomic mass is 10.1. The zero-order valence-corrected chi connectivity index (χ0v) is 14.1. The van der Waals surface area contributed by atoms with Gasteiger partial charge in [-0.2, -0.15) is 0 Å². The van der Waals surface area contributed by atoms with Crippen molar-refractivity contribution >= 4 is 34.8 Å². The van der Waals surface area contributed by atoms with Gasteiger partial charge in [0.1, 0.15) is 6.42 Å². The van der Waals surface area contributed by atoms with Crippen molar-refractivity contribution in [2.45, 2.75) is 27.2 Å². The summed E-state index contributed by atoms with van der Waals surface area (Å²) >= 11 is 6.01. The topological polar surface area (TPSA) is 58.2 Å². The van der Waals surface area contributed by atoms with Gasteiger partial charge < -0.3 is 10.6 Å². The first-order valence-electron chi connectivity index (χ1n) is 7.27. The van der Waals surface area contributed by atoms with E-state index in [4.69, 9.17) is 11.6 Å². The van der Waals surface area contributed by atoms with Crippen LogP contribution < -0.4 is 10.6 Å². The fraction of sp³-hybridized carbons (Fsp3) is 0.222. The molecule has 0 saturated carbocycles. The van der Waals surface area contributed by atoms with E-state index in [1.807, 2.05) is 45.0 Å². The number of rotatable bonds is 4. The molecule has 23 heavy (non-hydrogen) atoms. The molecule has 0 aliphatic rings. The Balaban J connectivity index is 1.94. The molecule has 0 atom stereocenters. The van der Waals surface area contributed by atoms with Crippen LogP contribution in [0.5, 0.6) is 0 Å². The predicted octanol–water partition coefficient (Wildman–Crippen LogP) is 4.23. The van der Waals surface area contributed by atoms with E-state index in [1.54, 1.807) is 12.1 Å². The van der Waals surface area contributed by atoms with Crippen molar-refractivity contribution in [3.8, 4) is 0 Å². The zero-order valence-electron chi connectivity index (χ0n) is 13.4. The Morgan fingerprint density at radius 2 is 1.43 bits per heavy atom. The number of anilines is 2. The molecular formula is C18H19ClN2O2. The summed E-state index contributed by atoms with van der Waals surface area (Å²) in [7, 11) is 0. The molecule has 4 nitrogen and oxygen atoms in total. The summed E-state index contributed by atoms with van der Waals surface area (Å²) in [6.45, 7) is 5.79. The van der Waals surface area contributed by atoms with Crippen LogP contribution in [-0.2, 0) is 9.59 Å². The highest BCUT2D eigenvalue weighted by Gasteiger charge is 2.11. The summed E-state index contributed by atoms with van der Waals surface area (Å²) < 4.78 is 0. The Labute approximate surface area is 140 Å². The fourth-order valence-electron chi connectivity index (χ4n) is 2.27. The SMILES string of the molecule is Cc1cc(C)cc(NC(=O)CC(=O)Nc2ccc(C)c(Cl)c2)c1. The fourth-order valence-corrected chi connectivity index (χ4v) is 2.45. The summed E-state index contributed by atoms with van der Waals surface area (Å²) in [5.41, 5.74) is 4.30. The van der Waals surface area contributed by atoms with Gasteiger partial charge in [0.15, 0.2) is 0 Å². The molecule has 0 fully saturated rings. The van der Waals surface area contributed by atoms with Crippen LogP contribution in [0.25, 0.3) is 0 Å². The summed E-state index contributed by atoms with van der Waals surface area (Å²) in [5.74, 6) is -0.738. The van der Waals surface area contributed by atoms with Crippen molar-refractivity contribution in [1.29, 1.82) is 0 Å². The number of aryl methyl sites for hydroxylation is 3. The van der Waals surface area contributed by atoms with Crippen LogP contribution >= 0.6 is 11.6 Å². The first-order valence-corrected chi connectivity index (χ1v) is 7.65. The van der Waals surface area contributed by atoms with Crippen molar-refractivity contribution < 1.29 is 9.59 Å². The quantitative estimate of drug-likeness (QED) is 0.824. The Kier molecular flexibility index (Phi) is 5.40. The van der Waals surface area contributed by atoms with E-state index in [9.17, 15) is 9.59 Å². The number of carbonyl (C=O) groups excluding carboxylic acids is 2. The number of amides is 2. The second-order valence-electron chi connectivity index (χ2n) is 5.61. The van der Waals surface area contributed by atoms with E-state index < -0.39 is 0 Å². The maximum Gasteiger partial charge on any atom is 0.233 e. The second-order valence-corrected chi connectivity index (χ2v) is 6.02. The molecule has 2 aromatic rings. The molecule has 0 saturated heterocycles. The molecule has 2 N–H and O–H groups in total. The third kappa shape index (κ3) is 5.11. The van der Waals surface area contributed by atoms with Crippen molar-refractivity contribution in [2.24, 2.45) is 0 Å². The molecule has 2 rings (SSSR count). The lowest BCUT2D eigenvalue weighted by molar-refractivity contribution is -0.123. The Morgan fingerprint density at radius 1 is 0.870 bits per heavy atom. The second kappa shape index (κ2) is 7.29. The Bertz CT molecular complexity index is 736. The third-order valence-corrected chi connectivity index (χ3v) is 3.69. The van der Waals surface area contributed by atoms with Gasteiger partial charge in [-0.1, -0.05) is 23.7 Å². The number of halogens is 1. The normalized spacial score (nSPS) is 10.3. The van der Waals surface area contributed by atoms with Crippen molar-refractivity contribution in [3.63, 3.8) is 0 Å². The minimum atomic E-state index is -0.383. The Morgan fingerprint density at radius 3 is 2.00 bits per heavy atom. The van der Waals surface area contributed by atoms with Crippen LogP contribution in [0.4, 0.5) is 11.4 Å². The largest absolute Gasteiger partial charge is 0.326 e. The molecule has 2 amide bonds. The lowest BCUT2D eigenvalue weighted by Gasteiger charge is -2.09. The van der Waals surface area contributed by atoms with Gasteiger partial charge in [-0.15, -0.1) is 0 Å². The van der Waals surface area contributed by atoms with E-state index in [0.29, 0.717) is 16.4 Å². The minimum Gasteiger partial charge on any atom is -0.326 e. The van der Waals surface area contributed by atoms with Crippen LogP contribution in [0.1, 0.15) is 23.1 Å². The molecule has 0 aliphatic heterocycles. The van der Waals surface area contributed by atoms with E-state index in [1.165, 1.54) is 0 Å². The van der Waals surface area contributed by atoms with Gasteiger partial charge in [-0.3, -0.25) is 9.59 Å². The smallest absolute Gasteiger partial charge is 0.233 e. The molecule has 0 bridgehead atoms. The van der Waals surface area contributed by atoms with Gasteiger partial charge in [0.25, 0.3) is 0 Å². The first-order chi connectivity index (χ1) is 10.8. The number of benzene rings is 2.